The topological polar surface area (TPSA) is 72.0 Å². The Morgan fingerprint density at radius 2 is 2.00 bits per heavy atom. The van der Waals surface area contributed by atoms with Crippen LogP contribution in [-0.2, 0) is 10.0 Å². The van der Waals surface area contributed by atoms with Crippen molar-refractivity contribution in [1.29, 1.82) is 0 Å². The van der Waals surface area contributed by atoms with Gasteiger partial charge in [0.25, 0.3) is 10.0 Å². The van der Waals surface area contributed by atoms with Gasteiger partial charge in [-0.25, -0.2) is 22.8 Å². The van der Waals surface area contributed by atoms with Gasteiger partial charge in [-0.3, -0.25) is 4.72 Å². The van der Waals surface area contributed by atoms with E-state index < -0.39 is 15.8 Å². The van der Waals surface area contributed by atoms with Crippen LogP contribution in [0.5, 0.6) is 0 Å². The summed E-state index contributed by atoms with van der Waals surface area (Å²) >= 11 is 11.9. The summed E-state index contributed by atoms with van der Waals surface area (Å²) < 4.78 is 40.2. The Morgan fingerprint density at radius 1 is 1.30 bits per heavy atom. The predicted molar refractivity (Wildman–Crippen MR) is 79.7 cm³/mol. The normalized spacial score (nSPS) is 11.4. The Morgan fingerprint density at radius 3 is 2.65 bits per heavy atom. The van der Waals surface area contributed by atoms with Crippen LogP contribution in [0.1, 0.15) is 0 Å². The predicted octanol–water partition coefficient (Wildman–Crippen LogP) is 3.59. The van der Waals surface area contributed by atoms with Gasteiger partial charge in [-0.05, 0) is 50.1 Å². The molecule has 0 saturated heterocycles. The van der Waals surface area contributed by atoms with Crippen LogP contribution in [0.25, 0.3) is 0 Å². The number of aromatic nitrogens is 2. The maximum Gasteiger partial charge on any atom is 0.264 e. The summed E-state index contributed by atoms with van der Waals surface area (Å²) in [6.07, 6.45) is 1.32. The summed E-state index contributed by atoms with van der Waals surface area (Å²) in [7, 11) is -4.07. The van der Waals surface area contributed by atoms with E-state index in [2.05, 4.69) is 46.5 Å². The van der Waals surface area contributed by atoms with Gasteiger partial charge in [-0.1, -0.05) is 11.6 Å². The molecule has 0 radical (unpaired) electrons. The van der Waals surface area contributed by atoms with E-state index in [1.165, 1.54) is 6.20 Å². The van der Waals surface area contributed by atoms with Crippen LogP contribution < -0.4 is 4.72 Å². The molecule has 0 saturated carbocycles. The lowest BCUT2D eigenvalue weighted by Crippen LogP contribution is -2.15. The third kappa shape index (κ3) is 3.46. The van der Waals surface area contributed by atoms with Gasteiger partial charge in [0.2, 0.25) is 0 Å². The van der Waals surface area contributed by atoms with Crippen LogP contribution in [-0.4, -0.2) is 18.4 Å². The summed E-state index contributed by atoms with van der Waals surface area (Å²) in [6, 6.07) is 3.05. The number of benzene rings is 1. The van der Waals surface area contributed by atoms with E-state index in [-0.39, 0.29) is 20.3 Å². The van der Waals surface area contributed by atoms with E-state index in [1.807, 2.05) is 0 Å². The molecular weight excluding hydrogens is 440 g/mol. The molecule has 0 fully saturated rings. The summed E-state index contributed by atoms with van der Waals surface area (Å²) in [5.41, 5.74) is 0. The Labute approximate surface area is 135 Å². The first-order chi connectivity index (χ1) is 9.29. The highest BCUT2D eigenvalue weighted by molar-refractivity contribution is 9.11. The number of hydrogen-bond acceptors (Lipinski definition) is 4. The SMILES string of the molecule is O=S(=O)(Nc1ncc(Br)nc1Br)c1cc(F)ccc1Cl. The molecule has 0 aliphatic heterocycles. The third-order valence-electron chi connectivity index (χ3n) is 2.11. The van der Waals surface area contributed by atoms with Gasteiger partial charge in [0.05, 0.1) is 11.2 Å². The van der Waals surface area contributed by atoms with Gasteiger partial charge in [-0.2, -0.15) is 0 Å². The summed E-state index contributed by atoms with van der Waals surface area (Å²) in [5, 5.41) is -0.0971. The molecule has 0 atom stereocenters. The smallest absolute Gasteiger partial charge is 0.261 e. The van der Waals surface area contributed by atoms with Crippen molar-refractivity contribution in [2.24, 2.45) is 0 Å². The maximum absolute atomic E-state index is 13.2. The number of nitrogens with zero attached hydrogens (tertiary/aromatic N) is 2. The van der Waals surface area contributed by atoms with Crippen LogP contribution in [0.4, 0.5) is 10.2 Å². The number of rotatable bonds is 3. The highest BCUT2D eigenvalue weighted by Gasteiger charge is 2.21. The average Bonchev–Trinajstić information content (AvgIpc) is 2.35. The number of nitrogens with one attached hydrogen (secondary N) is 1. The Bertz CT molecular complexity index is 773. The van der Waals surface area contributed by atoms with Crippen molar-refractivity contribution in [3.05, 3.63) is 44.4 Å². The van der Waals surface area contributed by atoms with E-state index >= 15 is 0 Å². The van der Waals surface area contributed by atoms with Crippen LogP contribution in [0.15, 0.2) is 38.5 Å². The van der Waals surface area contributed by atoms with Crippen molar-refractivity contribution >= 4 is 59.3 Å². The van der Waals surface area contributed by atoms with E-state index in [1.54, 1.807) is 0 Å². The van der Waals surface area contributed by atoms with Crippen molar-refractivity contribution in [2.75, 3.05) is 4.72 Å². The minimum atomic E-state index is -4.07. The van der Waals surface area contributed by atoms with Gasteiger partial charge in [0, 0.05) is 0 Å². The molecule has 20 heavy (non-hydrogen) atoms. The van der Waals surface area contributed by atoms with Gasteiger partial charge in [-0.15, -0.1) is 0 Å². The van der Waals surface area contributed by atoms with Crippen molar-refractivity contribution in [1.82, 2.24) is 9.97 Å². The second-order valence-electron chi connectivity index (χ2n) is 3.51. The molecule has 0 aliphatic rings. The number of hydrogen-bond donors (Lipinski definition) is 1. The molecule has 0 bridgehead atoms. The maximum atomic E-state index is 13.2. The molecule has 1 aromatic heterocycles. The van der Waals surface area contributed by atoms with Gasteiger partial charge < -0.3 is 0 Å². The fourth-order valence-electron chi connectivity index (χ4n) is 1.28. The Hall–Kier alpha value is -0.770. The van der Waals surface area contributed by atoms with Crippen molar-refractivity contribution < 1.29 is 12.8 Å². The molecule has 0 aliphatic carbocycles. The molecule has 1 heterocycles. The fourth-order valence-corrected chi connectivity index (χ4v) is 3.85. The molecule has 1 aromatic carbocycles. The summed E-state index contributed by atoms with van der Waals surface area (Å²) in [4.78, 5) is 7.41. The van der Waals surface area contributed by atoms with Crippen LogP contribution in [0, 0.1) is 5.82 Å². The van der Waals surface area contributed by atoms with Crippen LogP contribution in [0.2, 0.25) is 5.02 Å². The highest BCUT2D eigenvalue weighted by Crippen LogP contribution is 2.26. The average molecular weight is 445 g/mol. The second kappa shape index (κ2) is 5.92. The first-order valence-electron chi connectivity index (χ1n) is 4.95. The van der Waals surface area contributed by atoms with E-state index in [4.69, 9.17) is 11.6 Å². The highest BCUT2D eigenvalue weighted by atomic mass is 79.9. The zero-order chi connectivity index (χ0) is 14.9. The Kier molecular flexibility index (Phi) is 4.62. The molecule has 1 N–H and O–H groups in total. The number of halogens is 4. The van der Waals surface area contributed by atoms with Crippen molar-refractivity contribution in [2.45, 2.75) is 4.90 Å². The number of anilines is 1. The monoisotopic (exact) mass is 443 g/mol. The molecule has 0 spiro atoms. The minimum Gasteiger partial charge on any atom is -0.261 e. The van der Waals surface area contributed by atoms with E-state index in [0.29, 0.717) is 4.60 Å². The van der Waals surface area contributed by atoms with E-state index in [9.17, 15) is 12.8 Å². The first kappa shape index (κ1) is 15.6. The second-order valence-corrected chi connectivity index (χ2v) is 7.13. The van der Waals surface area contributed by atoms with Gasteiger partial charge in [0.15, 0.2) is 10.4 Å². The molecular formula is C10H5Br2ClFN3O2S. The molecule has 2 aromatic rings. The standard InChI is InChI=1S/C10H5Br2ClFN3O2S/c11-8-4-15-10(9(12)16-8)17-20(18,19)7-3-5(14)1-2-6(7)13/h1-4H,(H,15,17). The first-order valence-corrected chi connectivity index (χ1v) is 8.40. The summed E-state index contributed by atoms with van der Waals surface area (Å²) in [5.74, 6) is -0.746. The van der Waals surface area contributed by atoms with Crippen molar-refractivity contribution in [3.8, 4) is 0 Å². The molecule has 0 amide bonds. The lowest BCUT2D eigenvalue weighted by molar-refractivity contribution is 0.595. The lowest BCUT2D eigenvalue weighted by atomic mass is 10.3. The third-order valence-corrected chi connectivity index (χ3v) is 4.87. The quantitative estimate of drug-likeness (QED) is 0.784. The van der Waals surface area contributed by atoms with Crippen LogP contribution in [0.3, 0.4) is 0 Å². The molecule has 106 valence electrons. The molecule has 2 rings (SSSR count). The van der Waals surface area contributed by atoms with E-state index in [0.717, 1.165) is 18.2 Å². The fraction of sp³-hybridized carbons (Fsp3) is 0. The number of sulfonamides is 1. The zero-order valence-electron chi connectivity index (χ0n) is 9.44. The minimum absolute atomic E-state index is 0.0338. The lowest BCUT2D eigenvalue weighted by Gasteiger charge is -2.09. The van der Waals surface area contributed by atoms with Gasteiger partial charge in [0.1, 0.15) is 15.3 Å². The van der Waals surface area contributed by atoms with Crippen molar-refractivity contribution in [3.63, 3.8) is 0 Å². The van der Waals surface area contributed by atoms with Gasteiger partial charge >= 0.3 is 0 Å². The molecule has 0 unspecified atom stereocenters. The molecule has 5 nitrogen and oxygen atoms in total. The Balaban J connectivity index is 2.43. The zero-order valence-corrected chi connectivity index (χ0v) is 14.2. The molecule has 10 heteroatoms. The summed E-state index contributed by atoms with van der Waals surface area (Å²) in [6.45, 7) is 0. The largest absolute Gasteiger partial charge is 0.264 e. The van der Waals surface area contributed by atoms with Crippen LogP contribution >= 0.6 is 43.5 Å².